The van der Waals surface area contributed by atoms with Crippen molar-refractivity contribution in [2.75, 3.05) is 0 Å². The Balaban J connectivity index is 0.00000361. The molecule has 1 aromatic rings. The second-order valence-electron chi connectivity index (χ2n) is 5.32. The first-order valence-corrected chi connectivity index (χ1v) is 8.58. The lowest BCUT2D eigenvalue weighted by Crippen LogP contribution is -1.90. The van der Waals surface area contributed by atoms with E-state index in [4.69, 9.17) is 0 Å². The number of phenols is 1. The van der Waals surface area contributed by atoms with E-state index in [9.17, 15) is 5.11 Å². The Morgan fingerprint density at radius 3 is 1.95 bits per heavy atom. The van der Waals surface area contributed by atoms with Crippen molar-refractivity contribution < 1.29 is 5.11 Å². The number of rotatable bonds is 10. The van der Waals surface area contributed by atoms with Crippen LogP contribution in [0.2, 0.25) is 0 Å². The Hall–Kier alpha value is -0.150. The largest absolute Gasteiger partial charge is 0.508 e. The van der Waals surface area contributed by atoms with E-state index in [0.717, 1.165) is 0 Å². The van der Waals surface area contributed by atoms with Crippen LogP contribution >= 0.6 is 15.9 Å². The van der Waals surface area contributed by atoms with Crippen molar-refractivity contribution in [1.29, 1.82) is 0 Å². The zero-order valence-corrected chi connectivity index (χ0v) is 15.4. The van der Waals surface area contributed by atoms with Gasteiger partial charge in [0.25, 0.3) is 0 Å². The molecular weight excluding hydrogens is 332 g/mol. The SMILES string of the molecule is CCCCCCCCCCC(Br)c1ccc(O)cc1.[SH3+]. The van der Waals surface area contributed by atoms with Crippen LogP contribution in [0.5, 0.6) is 5.75 Å². The maximum atomic E-state index is 9.26. The highest BCUT2D eigenvalue weighted by atomic mass is 79.9. The average molecular weight is 362 g/mol. The molecular formula is C17H30BrOS+. The number of hydrogen-bond acceptors (Lipinski definition) is 1. The quantitative estimate of drug-likeness (QED) is 0.328. The Bertz CT molecular complexity index is 326. The Morgan fingerprint density at radius 2 is 1.40 bits per heavy atom. The molecule has 0 amide bonds. The van der Waals surface area contributed by atoms with Crippen molar-refractivity contribution in [2.24, 2.45) is 0 Å². The van der Waals surface area contributed by atoms with Crippen molar-refractivity contribution in [1.82, 2.24) is 0 Å². The summed E-state index contributed by atoms with van der Waals surface area (Å²) in [6, 6.07) is 7.52. The molecule has 0 aromatic heterocycles. The van der Waals surface area contributed by atoms with Gasteiger partial charge in [0.2, 0.25) is 0 Å². The molecule has 1 nitrogen and oxygen atoms in total. The van der Waals surface area contributed by atoms with Crippen LogP contribution in [0.25, 0.3) is 0 Å². The zero-order valence-electron chi connectivity index (χ0n) is 12.7. The molecule has 0 aliphatic heterocycles. The lowest BCUT2D eigenvalue weighted by molar-refractivity contribution is 0.475. The van der Waals surface area contributed by atoms with Crippen LogP contribution in [0.1, 0.15) is 75.1 Å². The average Bonchev–Trinajstić information content (AvgIpc) is 2.42. The van der Waals surface area contributed by atoms with Gasteiger partial charge in [0.15, 0.2) is 0 Å². The molecule has 0 radical (unpaired) electrons. The monoisotopic (exact) mass is 361 g/mol. The fourth-order valence-corrected chi connectivity index (χ4v) is 2.94. The van der Waals surface area contributed by atoms with Gasteiger partial charge in [0.1, 0.15) is 5.75 Å². The van der Waals surface area contributed by atoms with Crippen LogP contribution in [-0.4, -0.2) is 5.11 Å². The maximum Gasteiger partial charge on any atom is 0.115 e. The van der Waals surface area contributed by atoms with E-state index in [1.54, 1.807) is 12.1 Å². The number of phenolic OH excluding ortho intramolecular Hbond substituents is 1. The molecule has 0 aliphatic carbocycles. The first-order chi connectivity index (χ1) is 9.24. The molecule has 1 atom stereocenters. The minimum atomic E-state index is 0. The van der Waals surface area contributed by atoms with Crippen LogP contribution in [0.3, 0.4) is 0 Å². The molecule has 116 valence electrons. The predicted molar refractivity (Wildman–Crippen MR) is 98.6 cm³/mol. The van der Waals surface area contributed by atoms with E-state index in [2.05, 4.69) is 22.9 Å². The lowest BCUT2D eigenvalue weighted by atomic mass is 10.0. The molecule has 1 rings (SSSR count). The summed E-state index contributed by atoms with van der Waals surface area (Å²) in [7, 11) is 0. The molecule has 1 aromatic carbocycles. The fourth-order valence-electron chi connectivity index (χ4n) is 2.31. The summed E-state index contributed by atoms with van der Waals surface area (Å²) in [5.41, 5.74) is 1.26. The number of hydrogen-bond donors (Lipinski definition) is 1. The highest BCUT2D eigenvalue weighted by Gasteiger charge is 2.06. The predicted octanol–water partition coefficient (Wildman–Crippen LogP) is 5.55. The summed E-state index contributed by atoms with van der Waals surface area (Å²) in [6.45, 7) is 2.26. The molecule has 0 saturated carbocycles. The summed E-state index contributed by atoms with van der Waals surface area (Å²) >= 11 is 3.73. The first kappa shape index (κ1) is 19.9. The van der Waals surface area contributed by atoms with Gasteiger partial charge in [0, 0.05) is 4.83 Å². The second-order valence-corrected chi connectivity index (χ2v) is 6.43. The third-order valence-corrected chi connectivity index (χ3v) is 4.55. The fraction of sp³-hybridized carbons (Fsp3) is 0.647. The highest BCUT2D eigenvalue weighted by molar-refractivity contribution is 9.09. The molecule has 1 N–H and O–H groups in total. The van der Waals surface area contributed by atoms with E-state index < -0.39 is 0 Å². The van der Waals surface area contributed by atoms with Crippen molar-refractivity contribution in [3.63, 3.8) is 0 Å². The van der Waals surface area contributed by atoms with Gasteiger partial charge in [-0.3, -0.25) is 0 Å². The van der Waals surface area contributed by atoms with Crippen molar-refractivity contribution in [3.05, 3.63) is 29.8 Å². The number of aromatic hydroxyl groups is 1. The third kappa shape index (κ3) is 8.91. The molecule has 1 unspecified atom stereocenters. The van der Waals surface area contributed by atoms with E-state index in [0.29, 0.717) is 10.6 Å². The van der Waals surface area contributed by atoms with Crippen LogP contribution in [0, 0.1) is 0 Å². The number of alkyl halides is 1. The summed E-state index contributed by atoms with van der Waals surface area (Å²) in [4.78, 5) is 0.424. The van der Waals surface area contributed by atoms with E-state index in [1.807, 2.05) is 12.1 Å². The highest BCUT2D eigenvalue weighted by Crippen LogP contribution is 2.29. The summed E-state index contributed by atoms with van der Waals surface area (Å²) < 4.78 is 0. The molecule has 0 saturated heterocycles. The molecule has 0 bridgehead atoms. The number of benzene rings is 1. The standard InChI is InChI=1S/C17H27BrO.H2S/c1-2-3-4-5-6-7-8-9-10-17(18)15-11-13-16(19)14-12-15;/h11-14,17,19H,2-10H2,1H3;1H2/p+1. The molecule has 0 aliphatic rings. The van der Waals surface area contributed by atoms with Gasteiger partial charge in [0.05, 0.1) is 0 Å². The van der Waals surface area contributed by atoms with Crippen LogP contribution in [-0.2, 0) is 13.5 Å². The first-order valence-electron chi connectivity index (χ1n) is 7.67. The summed E-state index contributed by atoms with van der Waals surface area (Å²) in [5, 5.41) is 9.26. The minimum absolute atomic E-state index is 0. The normalized spacial score (nSPS) is 11.9. The van der Waals surface area contributed by atoms with Crippen LogP contribution in [0.4, 0.5) is 0 Å². The molecule has 0 spiro atoms. The van der Waals surface area contributed by atoms with E-state index in [-0.39, 0.29) is 13.5 Å². The van der Waals surface area contributed by atoms with Crippen molar-refractivity contribution in [2.45, 2.75) is 69.5 Å². The summed E-state index contributed by atoms with van der Waals surface area (Å²) in [6.07, 6.45) is 12.1. The summed E-state index contributed by atoms with van der Waals surface area (Å²) in [5.74, 6) is 0.343. The molecule has 0 fully saturated rings. The van der Waals surface area contributed by atoms with Gasteiger partial charge in [-0.05, 0) is 24.1 Å². The van der Waals surface area contributed by atoms with Gasteiger partial charge >= 0.3 is 0 Å². The van der Waals surface area contributed by atoms with Crippen molar-refractivity contribution in [3.8, 4) is 5.75 Å². The molecule has 20 heavy (non-hydrogen) atoms. The molecule has 0 heterocycles. The van der Waals surface area contributed by atoms with Gasteiger partial charge in [-0.25, -0.2) is 0 Å². The molecule has 3 heteroatoms. The zero-order chi connectivity index (χ0) is 13.9. The van der Waals surface area contributed by atoms with Crippen molar-refractivity contribution >= 4 is 29.4 Å². The minimum Gasteiger partial charge on any atom is -0.508 e. The number of halogens is 1. The Morgan fingerprint density at radius 1 is 0.900 bits per heavy atom. The van der Waals surface area contributed by atoms with Gasteiger partial charge < -0.3 is 5.11 Å². The van der Waals surface area contributed by atoms with Gasteiger partial charge in [-0.15, -0.1) is 0 Å². The Kier molecular flexibility index (Phi) is 12.5. The topological polar surface area (TPSA) is 20.2 Å². The van der Waals surface area contributed by atoms with E-state index in [1.165, 1.54) is 63.4 Å². The lowest BCUT2D eigenvalue weighted by Gasteiger charge is -2.10. The van der Waals surface area contributed by atoms with Gasteiger partial charge in [-0.2, -0.15) is 0 Å². The van der Waals surface area contributed by atoms with E-state index >= 15 is 0 Å². The second kappa shape index (κ2) is 12.6. The van der Waals surface area contributed by atoms with Crippen LogP contribution in [0.15, 0.2) is 24.3 Å². The third-order valence-electron chi connectivity index (χ3n) is 3.57. The smallest absolute Gasteiger partial charge is 0.115 e. The van der Waals surface area contributed by atoms with Crippen LogP contribution < -0.4 is 0 Å². The van der Waals surface area contributed by atoms with Gasteiger partial charge in [-0.1, -0.05) is 99.8 Å². The number of unbranched alkanes of at least 4 members (excludes halogenated alkanes) is 7. The maximum absolute atomic E-state index is 9.26. The Labute approximate surface area is 139 Å².